The van der Waals surface area contributed by atoms with E-state index in [1.807, 2.05) is 101 Å². The summed E-state index contributed by atoms with van der Waals surface area (Å²) in [6.07, 6.45) is -0.653. The van der Waals surface area contributed by atoms with E-state index in [4.69, 9.17) is 14.2 Å². The highest BCUT2D eigenvalue weighted by atomic mass is 16.6. The number of likely N-dealkylation sites (tertiary alicyclic amines) is 3. The number of para-hydroxylation sites is 3. The second-order valence-corrected chi connectivity index (χ2v) is 23.7. The van der Waals surface area contributed by atoms with E-state index in [1.54, 1.807) is 87.5 Å². The number of carbonyl (C=O) groups is 6. The average Bonchev–Trinajstić information content (AvgIpc) is 3.20. The van der Waals surface area contributed by atoms with Crippen LogP contribution in [0.4, 0.5) is 14.4 Å². The van der Waals surface area contributed by atoms with Crippen molar-refractivity contribution >= 4 is 36.2 Å². The largest absolute Gasteiger partial charge is 0.480 e. The zero-order chi connectivity index (χ0) is 52.0. The fraction of sp³-hybridized carbons (Fsp3) is 0.564. The summed E-state index contributed by atoms with van der Waals surface area (Å²) in [6.45, 7) is 23.5. The molecule has 0 atom stereocenters. The third kappa shape index (κ3) is 10.1. The van der Waals surface area contributed by atoms with Gasteiger partial charge in [-0.1, -0.05) is 54.6 Å². The van der Waals surface area contributed by atoms with Crippen molar-refractivity contribution in [2.45, 2.75) is 168 Å². The van der Waals surface area contributed by atoms with E-state index in [0.29, 0.717) is 55.8 Å². The lowest BCUT2D eigenvalue weighted by atomic mass is 9.45. The molecule has 3 fully saturated rings. The van der Waals surface area contributed by atoms with Crippen LogP contribution in [0.1, 0.15) is 134 Å². The molecule has 0 aromatic heterocycles. The normalized spacial score (nSPS) is 21.0. The van der Waals surface area contributed by atoms with Crippen LogP contribution in [0.2, 0.25) is 0 Å². The second-order valence-electron chi connectivity index (χ2n) is 23.7. The molecule has 70 heavy (non-hydrogen) atoms. The summed E-state index contributed by atoms with van der Waals surface area (Å²) in [5, 5.41) is 32.1. The highest BCUT2D eigenvalue weighted by Crippen LogP contribution is 2.65. The number of nitrogens with zero attached hydrogens (tertiary/aromatic N) is 3. The van der Waals surface area contributed by atoms with Crippen molar-refractivity contribution in [3.63, 3.8) is 0 Å². The Morgan fingerprint density at radius 3 is 0.829 bits per heavy atom. The van der Waals surface area contributed by atoms with Crippen LogP contribution in [0.25, 0.3) is 0 Å². The third-order valence-electron chi connectivity index (χ3n) is 15.8. The highest BCUT2D eigenvalue weighted by molar-refractivity contribution is 6.16. The molecule has 0 unspecified atom stereocenters. The number of benzene rings is 3. The summed E-state index contributed by atoms with van der Waals surface area (Å²) >= 11 is 0. The molecule has 3 aliphatic rings. The number of ether oxygens (including phenoxy) is 3. The quantitative estimate of drug-likeness (QED) is 0.145. The van der Waals surface area contributed by atoms with Crippen molar-refractivity contribution in [2.75, 3.05) is 0 Å². The number of carboxylic acid groups (broad SMARTS) is 3. The maximum atomic E-state index is 14.5. The summed E-state index contributed by atoms with van der Waals surface area (Å²) < 4.78 is 18.0. The van der Waals surface area contributed by atoms with Gasteiger partial charge in [-0.25, -0.2) is 14.4 Å². The minimum atomic E-state index is -3.22. The second kappa shape index (κ2) is 18.9. The number of amides is 3. The molecule has 3 heterocycles. The number of aliphatic carboxylic acids is 3. The van der Waals surface area contributed by atoms with Gasteiger partial charge in [0.2, 0.25) is 0 Å². The molecule has 3 N–H and O–H groups in total. The van der Waals surface area contributed by atoms with E-state index >= 15 is 0 Å². The van der Waals surface area contributed by atoms with Gasteiger partial charge >= 0.3 is 36.2 Å². The van der Waals surface area contributed by atoms with E-state index in [1.165, 1.54) is 0 Å². The maximum Gasteiger partial charge on any atom is 0.416 e. The van der Waals surface area contributed by atoms with Gasteiger partial charge in [-0.05, 0) is 194 Å². The van der Waals surface area contributed by atoms with Gasteiger partial charge in [-0.15, -0.1) is 0 Å². The van der Waals surface area contributed by atoms with Gasteiger partial charge < -0.3 is 29.5 Å². The molecule has 0 saturated carbocycles. The van der Waals surface area contributed by atoms with Crippen LogP contribution in [-0.2, 0) is 14.4 Å². The Balaban J connectivity index is 1.57. The van der Waals surface area contributed by atoms with E-state index < -0.39 is 104 Å². The first kappa shape index (κ1) is 53.2. The molecule has 3 aromatic carbocycles. The zero-order valence-electron chi connectivity index (χ0n) is 42.9. The third-order valence-corrected chi connectivity index (χ3v) is 15.8. The monoisotopic (exact) mass is 968 g/mol. The Bertz CT molecular complexity index is 2120. The summed E-state index contributed by atoms with van der Waals surface area (Å²) in [5.74, 6) is -6.13. The van der Waals surface area contributed by atoms with Gasteiger partial charge in [0.15, 0.2) is 0 Å². The first-order valence-electron chi connectivity index (χ1n) is 24.3. The molecule has 0 radical (unpaired) electrons. The van der Waals surface area contributed by atoms with Crippen LogP contribution in [-0.4, -0.2) is 99.4 Å². The van der Waals surface area contributed by atoms with Gasteiger partial charge in [0.25, 0.3) is 5.41 Å². The topological polar surface area (TPSA) is 201 Å². The number of hydrogen-bond acceptors (Lipinski definition) is 9. The van der Waals surface area contributed by atoms with Crippen LogP contribution in [0.3, 0.4) is 0 Å². The fourth-order valence-corrected chi connectivity index (χ4v) is 14.0. The molecule has 3 amide bonds. The molecule has 0 spiro atoms. The molecule has 3 saturated heterocycles. The lowest BCUT2D eigenvalue weighted by molar-refractivity contribution is -0.185. The van der Waals surface area contributed by atoms with E-state index in [9.17, 15) is 44.1 Å². The van der Waals surface area contributed by atoms with Crippen LogP contribution in [0.5, 0.6) is 17.2 Å². The SMILES string of the molecule is CC1(C)CC(C(CCC(C(=O)O)(C(=O)O)C(=O)O)(C2CC(C)(C)N(C(=O)Oc3ccccc3)C(C)(C)C2)C2CC(C)(C)N(C(=O)Oc3ccccc3)C(C)(C)C2)CC(C)(C)N1C(=O)Oc1ccccc1. The van der Waals surface area contributed by atoms with Crippen LogP contribution in [0, 0.1) is 28.6 Å². The van der Waals surface area contributed by atoms with Crippen molar-refractivity contribution in [3.05, 3.63) is 91.0 Å². The molecule has 0 bridgehead atoms. The summed E-state index contributed by atoms with van der Waals surface area (Å²) in [7, 11) is 0. The lowest BCUT2D eigenvalue weighted by Crippen LogP contribution is -2.71. The van der Waals surface area contributed by atoms with Crippen molar-refractivity contribution < 1.29 is 58.3 Å². The van der Waals surface area contributed by atoms with Crippen molar-refractivity contribution in [1.29, 1.82) is 0 Å². The maximum absolute atomic E-state index is 14.5. The zero-order valence-corrected chi connectivity index (χ0v) is 42.9. The summed E-state index contributed by atoms with van der Waals surface area (Å²) in [4.78, 5) is 88.3. The summed E-state index contributed by atoms with van der Waals surface area (Å²) in [6, 6.07) is 26.3. The van der Waals surface area contributed by atoms with E-state index in [2.05, 4.69) is 0 Å². The number of carbonyl (C=O) groups excluding carboxylic acids is 3. The van der Waals surface area contributed by atoms with Gasteiger partial charge in [0.1, 0.15) is 17.2 Å². The van der Waals surface area contributed by atoms with Gasteiger partial charge in [-0.3, -0.25) is 29.1 Å². The van der Waals surface area contributed by atoms with Gasteiger partial charge in [0.05, 0.1) is 0 Å². The number of rotatable bonds is 12. The molecule has 15 nitrogen and oxygen atoms in total. The van der Waals surface area contributed by atoms with Crippen LogP contribution < -0.4 is 14.2 Å². The molecular weight excluding hydrogens is 895 g/mol. The van der Waals surface area contributed by atoms with Gasteiger partial charge in [0, 0.05) is 33.2 Å². The first-order chi connectivity index (χ1) is 32.3. The Kier molecular flexibility index (Phi) is 14.4. The smallest absolute Gasteiger partial charge is 0.416 e. The molecule has 3 aromatic rings. The molecule has 0 aliphatic carbocycles. The van der Waals surface area contributed by atoms with Crippen LogP contribution >= 0.6 is 0 Å². The summed E-state index contributed by atoms with van der Waals surface area (Å²) in [5.41, 5.74) is -9.97. The van der Waals surface area contributed by atoms with Crippen molar-refractivity contribution in [3.8, 4) is 17.2 Å². The number of carboxylic acids is 3. The predicted octanol–water partition coefficient (Wildman–Crippen LogP) is 11.4. The van der Waals surface area contributed by atoms with Crippen LogP contribution in [0.15, 0.2) is 91.0 Å². The Morgan fingerprint density at radius 2 is 0.629 bits per heavy atom. The molecular formula is C55H73N3O12. The number of piperidine rings is 3. The Morgan fingerprint density at radius 1 is 0.414 bits per heavy atom. The lowest BCUT2D eigenvalue weighted by Gasteiger charge is -2.67. The molecule has 3 aliphatic heterocycles. The minimum absolute atomic E-state index is 0.167. The average molecular weight is 968 g/mol. The van der Waals surface area contributed by atoms with Gasteiger partial charge in [-0.2, -0.15) is 0 Å². The highest BCUT2D eigenvalue weighted by Gasteiger charge is 2.66. The Labute approximate surface area is 412 Å². The predicted molar refractivity (Wildman–Crippen MR) is 263 cm³/mol. The number of hydrogen-bond donors (Lipinski definition) is 3. The minimum Gasteiger partial charge on any atom is -0.480 e. The molecule has 6 rings (SSSR count). The van der Waals surface area contributed by atoms with E-state index in [0.717, 1.165) is 0 Å². The standard InChI is InChI=1S/C55H73N3O12/c1-48(2)30-36(31-49(3,4)56(48)45(65)68-39-22-16-13-17-23-39)54(28-29-55(42(59)60,43(61)62)44(63)64,37-32-50(5,6)57(51(7,8)33-37)46(66)69-40-24-18-14-19-25-40)38-34-52(9,10)58(53(11,12)35-38)47(67)70-41-26-20-15-21-27-41/h13-27,36-38H,28-35H2,1-12H3,(H,59,60)(H,61,62)(H,63,64). The van der Waals surface area contributed by atoms with E-state index in [-0.39, 0.29) is 6.42 Å². The fourth-order valence-electron chi connectivity index (χ4n) is 14.0. The Hall–Kier alpha value is -6.12. The molecule has 15 heteroatoms. The molecule has 380 valence electrons. The van der Waals surface area contributed by atoms with Crippen molar-refractivity contribution in [2.24, 2.45) is 28.6 Å². The van der Waals surface area contributed by atoms with Crippen molar-refractivity contribution in [1.82, 2.24) is 14.7 Å². The first-order valence-corrected chi connectivity index (χ1v) is 24.3.